The predicted molar refractivity (Wildman–Crippen MR) is 117 cm³/mol. The number of aromatic hydroxyl groups is 1. The Balaban J connectivity index is 1.66. The van der Waals surface area contributed by atoms with Crippen molar-refractivity contribution in [1.82, 2.24) is 9.99 Å². The van der Waals surface area contributed by atoms with Gasteiger partial charge in [-0.25, -0.2) is 5.43 Å². The van der Waals surface area contributed by atoms with Crippen LogP contribution in [0.15, 0.2) is 81.1 Å². The smallest absolute Gasteiger partial charge is 0.260 e. The molecule has 0 saturated carbocycles. The van der Waals surface area contributed by atoms with Crippen LogP contribution in [0, 0.1) is 0 Å². The SMILES string of the molecule is O=C(Cn1c2ccccc2c(=O)c2ccccc21)N/N=C/c1cc(Br)ccc1O. The third-order valence-corrected chi connectivity index (χ3v) is 5.06. The second-order valence-electron chi connectivity index (χ2n) is 6.45. The van der Waals surface area contributed by atoms with Crippen LogP contribution >= 0.6 is 15.9 Å². The Kier molecular flexibility index (Phi) is 5.14. The lowest BCUT2D eigenvalue weighted by Crippen LogP contribution is -2.25. The number of hydrogen-bond donors (Lipinski definition) is 2. The highest BCUT2D eigenvalue weighted by molar-refractivity contribution is 9.10. The van der Waals surface area contributed by atoms with E-state index in [-0.39, 0.29) is 23.6 Å². The maximum absolute atomic E-state index is 12.7. The molecule has 0 aliphatic rings. The summed E-state index contributed by atoms with van der Waals surface area (Å²) in [7, 11) is 0. The van der Waals surface area contributed by atoms with Crippen molar-refractivity contribution in [2.45, 2.75) is 6.54 Å². The van der Waals surface area contributed by atoms with Crippen LogP contribution in [0.1, 0.15) is 5.56 Å². The molecule has 4 aromatic rings. The zero-order chi connectivity index (χ0) is 20.4. The van der Waals surface area contributed by atoms with Crippen LogP contribution in [-0.4, -0.2) is 21.8 Å². The molecule has 0 fully saturated rings. The zero-order valence-corrected chi connectivity index (χ0v) is 16.8. The number of amides is 1. The summed E-state index contributed by atoms with van der Waals surface area (Å²) in [5.74, 6) is -0.293. The Morgan fingerprint density at radius 3 is 2.31 bits per heavy atom. The number of hydrogen-bond acceptors (Lipinski definition) is 4. The highest BCUT2D eigenvalue weighted by Gasteiger charge is 2.12. The van der Waals surface area contributed by atoms with Gasteiger partial charge in [-0.1, -0.05) is 40.2 Å². The average Bonchev–Trinajstić information content (AvgIpc) is 2.73. The first kappa shape index (κ1) is 18.9. The normalized spacial score (nSPS) is 11.3. The van der Waals surface area contributed by atoms with Gasteiger partial charge in [0.15, 0.2) is 5.43 Å². The van der Waals surface area contributed by atoms with Crippen LogP contribution in [0.4, 0.5) is 0 Å². The highest BCUT2D eigenvalue weighted by atomic mass is 79.9. The molecule has 29 heavy (non-hydrogen) atoms. The topological polar surface area (TPSA) is 83.7 Å². The number of benzene rings is 3. The number of halogens is 1. The van der Waals surface area contributed by atoms with Gasteiger partial charge in [-0.15, -0.1) is 0 Å². The van der Waals surface area contributed by atoms with Crippen molar-refractivity contribution in [3.05, 3.63) is 87.0 Å². The Labute approximate surface area is 174 Å². The third-order valence-electron chi connectivity index (χ3n) is 4.56. The molecule has 2 N–H and O–H groups in total. The number of nitrogens with zero attached hydrogens (tertiary/aromatic N) is 2. The summed E-state index contributed by atoms with van der Waals surface area (Å²) in [6, 6.07) is 19.4. The van der Waals surface area contributed by atoms with Crippen molar-refractivity contribution >= 4 is 49.9 Å². The number of hydrazone groups is 1. The fraction of sp³-hybridized carbons (Fsp3) is 0.0455. The lowest BCUT2D eigenvalue weighted by atomic mass is 10.1. The predicted octanol–water partition coefficient (Wildman–Crippen LogP) is 3.77. The summed E-state index contributed by atoms with van der Waals surface area (Å²) < 4.78 is 2.59. The minimum Gasteiger partial charge on any atom is -0.507 e. The van der Waals surface area contributed by atoms with Crippen LogP contribution in [-0.2, 0) is 11.3 Å². The average molecular weight is 450 g/mol. The number of pyridine rings is 1. The molecule has 1 amide bonds. The third kappa shape index (κ3) is 3.77. The number of rotatable bonds is 4. The second-order valence-corrected chi connectivity index (χ2v) is 7.36. The van der Waals surface area contributed by atoms with Gasteiger partial charge in [0.2, 0.25) is 0 Å². The number of carbonyl (C=O) groups is 1. The van der Waals surface area contributed by atoms with E-state index >= 15 is 0 Å². The Hall–Kier alpha value is -3.45. The molecule has 0 spiro atoms. The largest absolute Gasteiger partial charge is 0.507 e. The summed E-state index contributed by atoms with van der Waals surface area (Å²) in [6.45, 7) is -0.0108. The molecular formula is C22H16BrN3O3. The summed E-state index contributed by atoms with van der Waals surface area (Å²) in [6.07, 6.45) is 1.37. The maximum atomic E-state index is 12.7. The molecule has 0 saturated heterocycles. The van der Waals surface area contributed by atoms with Crippen molar-refractivity contribution in [2.24, 2.45) is 5.10 Å². The molecular weight excluding hydrogens is 434 g/mol. The van der Waals surface area contributed by atoms with E-state index in [0.29, 0.717) is 27.4 Å². The van der Waals surface area contributed by atoms with E-state index in [1.165, 1.54) is 12.3 Å². The summed E-state index contributed by atoms with van der Waals surface area (Å²) in [5.41, 5.74) is 4.25. The lowest BCUT2D eigenvalue weighted by molar-refractivity contribution is -0.121. The number of phenolic OH excluding ortho intramolecular Hbond substituents is 1. The summed E-state index contributed by atoms with van der Waals surface area (Å²) >= 11 is 3.32. The van der Waals surface area contributed by atoms with Gasteiger partial charge in [0.25, 0.3) is 5.91 Å². The minimum atomic E-state index is -0.352. The number of phenols is 1. The van der Waals surface area contributed by atoms with Gasteiger partial charge in [-0.05, 0) is 42.5 Å². The molecule has 1 heterocycles. The highest BCUT2D eigenvalue weighted by Crippen LogP contribution is 2.20. The molecule has 0 unspecified atom stereocenters. The van der Waals surface area contributed by atoms with E-state index in [9.17, 15) is 14.7 Å². The van der Waals surface area contributed by atoms with Crippen LogP contribution in [0.3, 0.4) is 0 Å². The maximum Gasteiger partial charge on any atom is 0.260 e. The number of aromatic nitrogens is 1. The molecule has 0 atom stereocenters. The first-order valence-corrected chi connectivity index (χ1v) is 9.64. The Bertz CT molecular complexity index is 1270. The van der Waals surface area contributed by atoms with E-state index < -0.39 is 0 Å². The van der Waals surface area contributed by atoms with Gasteiger partial charge in [-0.3, -0.25) is 9.59 Å². The van der Waals surface area contributed by atoms with E-state index in [4.69, 9.17) is 0 Å². The fourth-order valence-electron chi connectivity index (χ4n) is 3.23. The molecule has 3 aromatic carbocycles. The Morgan fingerprint density at radius 1 is 1.03 bits per heavy atom. The van der Waals surface area contributed by atoms with Crippen molar-refractivity contribution in [3.8, 4) is 5.75 Å². The first-order valence-electron chi connectivity index (χ1n) is 8.85. The molecule has 6 nitrogen and oxygen atoms in total. The fourth-order valence-corrected chi connectivity index (χ4v) is 3.61. The van der Waals surface area contributed by atoms with Crippen LogP contribution in [0.5, 0.6) is 5.75 Å². The first-order chi connectivity index (χ1) is 14.0. The van der Waals surface area contributed by atoms with Crippen molar-refractivity contribution in [2.75, 3.05) is 0 Å². The summed E-state index contributed by atoms with van der Waals surface area (Å²) in [4.78, 5) is 25.3. The van der Waals surface area contributed by atoms with Gasteiger partial charge >= 0.3 is 0 Å². The van der Waals surface area contributed by atoms with E-state index in [1.54, 1.807) is 41.0 Å². The van der Waals surface area contributed by atoms with Crippen molar-refractivity contribution < 1.29 is 9.90 Å². The van der Waals surface area contributed by atoms with Gasteiger partial charge in [-0.2, -0.15) is 5.10 Å². The minimum absolute atomic E-state index is 0.0108. The van der Waals surface area contributed by atoms with Crippen molar-refractivity contribution in [3.63, 3.8) is 0 Å². The number of nitrogens with one attached hydrogen (secondary N) is 1. The molecule has 0 aliphatic carbocycles. The van der Waals surface area contributed by atoms with Gasteiger partial charge < -0.3 is 9.67 Å². The van der Waals surface area contributed by atoms with Gasteiger partial charge in [0.1, 0.15) is 12.3 Å². The van der Waals surface area contributed by atoms with Crippen LogP contribution in [0.2, 0.25) is 0 Å². The summed E-state index contributed by atoms with van der Waals surface area (Å²) in [5, 5.41) is 14.9. The van der Waals surface area contributed by atoms with Crippen LogP contribution in [0.25, 0.3) is 21.8 Å². The van der Waals surface area contributed by atoms with E-state index in [0.717, 1.165) is 4.47 Å². The molecule has 0 bridgehead atoms. The van der Waals surface area contributed by atoms with Gasteiger partial charge in [0.05, 0.1) is 17.2 Å². The van der Waals surface area contributed by atoms with Crippen LogP contribution < -0.4 is 10.9 Å². The zero-order valence-electron chi connectivity index (χ0n) is 15.2. The van der Waals surface area contributed by atoms with E-state index in [2.05, 4.69) is 26.5 Å². The molecule has 4 rings (SSSR count). The number of fused-ring (bicyclic) bond motifs is 2. The number of para-hydroxylation sites is 2. The molecule has 144 valence electrons. The quantitative estimate of drug-likeness (QED) is 0.282. The second kappa shape index (κ2) is 7.89. The number of carbonyl (C=O) groups excluding carboxylic acids is 1. The monoisotopic (exact) mass is 449 g/mol. The molecule has 7 heteroatoms. The lowest BCUT2D eigenvalue weighted by Gasteiger charge is -2.14. The standard InChI is InChI=1S/C22H16BrN3O3/c23-15-9-10-20(27)14(11-15)12-24-25-21(28)13-26-18-7-3-1-5-16(18)22(29)17-6-2-4-8-19(17)26/h1-12,27H,13H2,(H,25,28)/b24-12+. The van der Waals surface area contributed by atoms with Gasteiger partial charge in [0, 0.05) is 20.8 Å². The Morgan fingerprint density at radius 2 is 1.66 bits per heavy atom. The molecule has 0 aliphatic heterocycles. The molecule has 1 aromatic heterocycles. The van der Waals surface area contributed by atoms with E-state index in [1.807, 2.05) is 24.3 Å². The van der Waals surface area contributed by atoms with Crippen molar-refractivity contribution in [1.29, 1.82) is 0 Å². The molecule has 0 radical (unpaired) electrons.